The molecule has 1 aromatic rings. The topological polar surface area (TPSA) is 44.8 Å². The average Bonchev–Trinajstić information content (AvgIpc) is 3.02. The molecule has 24 heavy (non-hydrogen) atoms. The van der Waals surface area contributed by atoms with Crippen LogP contribution in [0.2, 0.25) is 0 Å². The molecular weight excluding hydrogens is 323 g/mol. The highest BCUT2D eigenvalue weighted by molar-refractivity contribution is 5.89. The smallest absolute Gasteiger partial charge is 0.321 e. The number of urea groups is 1. The van der Waals surface area contributed by atoms with Crippen LogP contribution in [0.3, 0.4) is 0 Å². The zero-order valence-electron chi connectivity index (χ0n) is 13.2. The van der Waals surface area contributed by atoms with E-state index < -0.39 is 23.5 Å². The van der Waals surface area contributed by atoms with Gasteiger partial charge in [0, 0.05) is 44.9 Å². The number of hydrogen-bond acceptors (Lipinski definition) is 3. The van der Waals surface area contributed by atoms with Gasteiger partial charge in [0.25, 0.3) is 0 Å². The first-order valence-electron chi connectivity index (χ1n) is 8.03. The van der Waals surface area contributed by atoms with E-state index in [9.17, 15) is 18.0 Å². The van der Waals surface area contributed by atoms with Gasteiger partial charge >= 0.3 is 6.03 Å². The van der Waals surface area contributed by atoms with E-state index in [4.69, 9.17) is 4.74 Å². The molecule has 2 amide bonds. The van der Waals surface area contributed by atoms with Crippen LogP contribution in [0.4, 0.5) is 23.7 Å². The van der Waals surface area contributed by atoms with Gasteiger partial charge in [0.1, 0.15) is 5.82 Å². The Morgan fingerprint density at radius 2 is 1.83 bits per heavy atom. The van der Waals surface area contributed by atoms with E-state index in [1.807, 2.05) is 0 Å². The van der Waals surface area contributed by atoms with Crippen LogP contribution in [0.1, 0.15) is 6.42 Å². The molecule has 132 valence electrons. The molecule has 0 aromatic heterocycles. The first-order valence-corrected chi connectivity index (χ1v) is 8.03. The van der Waals surface area contributed by atoms with Crippen LogP contribution in [0.15, 0.2) is 12.1 Å². The summed E-state index contributed by atoms with van der Waals surface area (Å²) < 4.78 is 45.0. The second-order valence-corrected chi connectivity index (χ2v) is 6.19. The lowest BCUT2D eigenvalue weighted by atomic mass is 10.1. The fourth-order valence-corrected chi connectivity index (χ4v) is 3.13. The van der Waals surface area contributed by atoms with Crippen molar-refractivity contribution in [3.05, 3.63) is 29.6 Å². The summed E-state index contributed by atoms with van der Waals surface area (Å²) in [5.74, 6) is -3.12. The van der Waals surface area contributed by atoms with Crippen LogP contribution in [0, 0.1) is 23.4 Å². The van der Waals surface area contributed by atoms with Crippen molar-refractivity contribution in [3.8, 4) is 0 Å². The molecule has 8 heteroatoms. The van der Waals surface area contributed by atoms with Gasteiger partial charge in [0.15, 0.2) is 11.6 Å². The summed E-state index contributed by atoms with van der Waals surface area (Å²) in [5.41, 5.74) is -0.351. The fourth-order valence-electron chi connectivity index (χ4n) is 3.13. The lowest BCUT2D eigenvalue weighted by Gasteiger charge is -2.29. The van der Waals surface area contributed by atoms with Crippen LogP contribution in [0.25, 0.3) is 0 Å². The van der Waals surface area contributed by atoms with Gasteiger partial charge < -0.3 is 15.0 Å². The Morgan fingerprint density at radius 1 is 1.12 bits per heavy atom. The van der Waals surface area contributed by atoms with Crippen molar-refractivity contribution in [2.75, 3.05) is 51.3 Å². The Kier molecular flexibility index (Phi) is 5.25. The molecule has 0 unspecified atom stereocenters. The fraction of sp³-hybridized carbons (Fsp3) is 0.562. The Morgan fingerprint density at radius 3 is 2.58 bits per heavy atom. The SMILES string of the molecule is O=C(Nc1cc(F)c(F)cc1F)N1CC[C@@H](CN2CCOCC2)C1. The van der Waals surface area contributed by atoms with Crippen molar-refractivity contribution < 1.29 is 22.7 Å². The first kappa shape index (κ1) is 17.0. The minimum atomic E-state index is -1.28. The third-order valence-electron chi connectivity index (χ3n) is 4.44. The molecule has 2 aliphatic rings. The Labute approximate surface area is 138 Å². The van der Waals surface area contributed by atoms with Crippen molar-refractivity contribution in [1.82, 2.24) is 9.80 Å². The number of hydrogen-bond donors (Lipinski definition) is 1. The molecule has 0 aliphatic carbocycles. The number of rotatable bonds is 3. The van der Waals surface area contributed by atoms with Crippen molar-refractivity contribution in [2.24, 2.45) is 5.92 Å². The molecule has 5 nitrogen and oxygen atoms in total. The number of nitrogens with zero attached hydrogens (tertiary/aromatic N) is 2. The van der Waals surface area contributed by atoms with Crippen LogP contribution in [-0.4, -0.2) is 61.8 Å². The third-order valence-corrected chi connectivity index (χ3v) is 4.44. The zero-order valence-corrected chi connectivity index (χ0v) is 13.2. The van der Waals surface area contributed by atoms with Gasteiger partial charge in [0.2, 0.25) is 0 Å². The monoisotopic (exact) mass is 343 g/mol. The molecule has 3 rings (SSSR count). The minimum Gasteiger partial charge on any atom is -0.379 e. The molecular formula is C16H20F3N3O2. The van der Waals surface area contributed by atoms with Crippen molar-refractivity contribution >= 4 is 11.7 Å². The second kappa shape index (κ2) is 7.40. The summed E-state index contributed by atoms with van der Waals surface area (Å²) >= 11 is 0. The van der Waals surface area contributed by atoms with E-state index in [0.717, 1.165) is 39.3 Å². The standard InChI is InChI=1S/C16H20F3N3O2/c17-12-7-14(19)15(8-13(12)18)20-16(23)22-2-1-11(10-22)9-21-3-5-24-6-4-21/h7-8,11H,1-6,9-10H2,(H,20,23)/t11-/m0/s1. The predicted octanol–water partition coefficient (Wildman–Crippen LogP) is 2.29. The molecule has 2 fully saturated rings. The van der Waals surface area contributed by atoms with Gasteiger partial charge in [-0.15, -0.1) is 0 Å². The summed E-state index contributed by atoms with van der Waals surface area (Å²) in [6, 6.07) is 0.587. The normalized spacial score (nSPS) is 22.0. The number of carbonyl (C=O) groups excluding carboxylic acids is 1. The average molecular weight is 343 g/mol. The Hall–Kier alpha value is -1.80. The molecule has 0 spiro atoms. The molecule has 2 heterocycles. The van der Waals surface area contributed by atoms with Gasteiger partial charge in [-0.2, -0.15) is 0 Å². The molecule has 1 aromatic carbocycles. The molecule has 0 bridgehead atoms. The highest BCUT2D eigenvalue weighted by Crippen LogP contribution is 2.22. The number of nitrogens with one attached hydrogen (secondary N) is 1. The lowest BCUT2D eigenvalue weighted by Crippen LogP contribution is -2.40. The third kappa shape index (κ3) is 3.99. The largest absolute Gasteiger partial charge is 0.379 e. The summed E-state index contributed by atoms with van der Waals surface area (Å²) in [6.07, 6.45) is 0.866. The van der Waals surface area contributed by atoms with Crippen LogP contribution >= 0.6 is 0 Å². The summed E-state index contributed by atoms with van der Waals surface area (Å²) in [7, 11) is 0. The second-order valence-electron chi connectivity index (χ2n) is 6.19. The van der Waals surface area contributed by atoms with Crippen LogP contribution in [0.5, 0.6) is 0 Å². The molecule has 1 N–H and O–H groups in total. The molecule has 0 radical (unpaired) electrons. The highest BCUT2D eigenvalue weighted by Gasteiger charge is 2.28. The number of amides is 2. The summed E-state index contributed by atoms with van der Waals surface area (Å²) in [4.78, 5) is 16.1. The van der Waals surface area contributed by atoms with E-state index in [0.29, 0.717) is 31.1 Å². The van der Waals surface area contributed by atoms with Crippen molar-refractivity contribution in [2.45, 2.75) is 6.42 Å². The molecule has 2 saturated heterocycles. The van der Waals surface area contributed by atoms with E-state index in [1.165, 1.54) is 0 Å². The predicted molar refractivity (Wildman–Crippen MR) is 82.3 cm³/mol. The summed E-state index contributed by atoms with van der Waals surface area (Å²) in [5, 5.41) is 2.32. The Bertz CT molecular complexity index is 608. The Balaban J connectivity index is 1.54. The maximum absolute atomic E-state index is 13.6. The number of anilines is 1. The van der Waals surface area contributed by atoms with E-state index in [1.54, 1.807) is 4.90 Å². The number of morpholine rings is 1. The zero-order chi connectivity index (χ0) is 17.1. The van der Waals surface area contributed by atoms with Gasteiger partial charge in [-0.3, -0.25) is 4.90 Å². The maximum atomic E-state index is 13.6. The van der Waals surface area contributed by atoms with Gasteiger partial charge in [-0.1, -0.05) is 0 Å². The van der Waals surface area contributed by atoms with Gasteiger partial charge in [0.05, 0.1) is 18.9 Å². The number of likely N-dealkylation sites (tertiary alicyclic amines) is 1. The van der Waals surface area contributed by atoms with Crippen LogP contribution < -0.4 is 5.32 Å². The first-order chi connectivity index (χ1) is 11.5. The summed E-state index contributed by atoms with van der Waals surface area (Å²) in [6.45, 7) is 5.26. The number of benzene rings is 1. The van der Waals surface area contributed by atoms with Crippen molar-refractivity contribution in [1.29, 1.82) is 0 Å². The number of carbonyl (C=O) groups is 1. The van der Waals surface area contributed by atoms with Gasteiger partial charge in [-0.05, 0) is 12.3 Å². The molecule has 2 aliphatic heterocycles. The quantitative estimate of drug-likeness (QED) is 0.857. The van der Waals surface area contributed by atoms with E-state index >= 15 is 0 Å². The maximum Gasteiger partial charge on any atom is 0.321 e. The van der Waals surface area contributed by atoms with Gasteiger partial charge in [-0.25, -0.2) is 18.0 Å². The highest BCUT2D eigenvalue weighted by atomic mass is 19.2. The van der Waals surface area contributed by atoms with Crippen molar-refractivity contribution in [3.63, 3.8) is 0 Å². The van der Waals surface area contributed by atoms with Crippen LogP contribution in [-0.2, 0) is 4.74 Å². The molecule has 0 saturated carbocycles. The number of ether oxygens (including phenoxy) is 1. The number of halogens is 3. The molecule has 1 atom stereocenters. The lowest BCUT2D eigenvalue weighted by molar-refractivity contribution is 0.0314. The van der Waals surface area contributed by atoms with E-state index in [-0.39, 0.29) is 5.69 Å². The minimum absolute atomic E-state index is 0.351. The van der Waals surface area contributed by atoms with E-state index in [2.05, 4.69) is 10.2 Å².